The molecule has 36 heavy (non-hydrogen) atoms. The topological polar surface area (TPSA) is 63.0 Å². The Hall–Kier alpha value is -3.32. The largest absolute Gasteiger partial charge is 0.369 e. The minimum atomic E-state index is 0.0206. The highest BCUT2D eigenvalue weighted by atomic mass is 15.6. The molecule has 4 aromatic rings. The molecule has 7 heteroatoms. The lowest BCUT2D eigenvalue weighted by Crippen LogP contribution is -2.48. The van der Waals surface area contributed by atoms with E-state index in [1.807, 2.05) is 12.3 Å². The Kier molecular flexibility index (Phi) is 6.40. The summed E-state index contributed by atoms with van der Waals surface area (Å²) < 4.78 is 2.15. The van der Waals surface area contributed by atoms with Crippen LogP contribution in [0.1, 0.15) is 66.7 Å². The van der Waals surface area contributed by atoms with Crippen LogP contribution in [0, 0.1) is 13.8 Å². The highest BCUT2D eigenvalue weighted by Gasteiger charge is 2.33. The monoisotopic (exact) mass is 481 g/mol. The molecule has 1 atom stereocenters. The lowest BCUT2D eigenvalue weighted by molar-refractivity contribution is 0.193. The van der Waals surface area contributed by atoms with Crippen LogP contribution in [0.4, 0.5) is 5.69 Å². The van der Waals surface area contributed by atoms with E-state index in [1.54, 1.807) is 0 Å². The predicted molar refractivity (Wildman–Crippen MR) is 143 cm³/mol. The van der Waals surface area contributed by atoms with E-state index in [9.17, 15) is 0 Å². The standard InChI is InChI=1S/C29H35N7/c1-21-10-11-22(2)27(19-21)34-15-17-35(18-16-34)28(24-12-13-26-23(20-24)7-6-14-30-26)29-31-32-33-36(29)25-8-4-3-5-9-25/h6-7,10-14,19-20,25,28H,3-5,8-9,15-18H2,1-2H3. The molecule has 0 radical (unpaired) electrons. The van der Waals surface area contributed by atoms with E-state index in [0.717, 1.165) is 55.7 Å². The first-order valence-corrected chi connectivity index (χ1v) is 13.4. The van der Waals surface area contributed by atoms with Crippen LogP contribution in [0.3, 0.4) is 0 Å². The number of aryl methyl sites for hydroxylation is 2. The van der Waals surface area contributed by atoms with Crippen LogP contribution in [0.5, 0.6) is 0 Å². The molecule has 1 saturated carbocycles. The highest BCUT2D eigenvalue weighted by molar-refractivity contribution is 5.79. The van der Waals surface area contributed by atoms with Crippen molar-refractivity contribution in [1.29, 1.82) is 0 Å². The van der Waals surface area contributed by atoms with Gasteiger partial charge in [0.1, 0.15) is 0 Å². The summed E-state index contributed by atoms with van der Waals surface area (Å²) in [6.07, 6.45) is 8.00. The molecule has 1 aliphatic heterocycles. The van der Waals surface area contributed by atoms with E-state index in [4.69, 9.17) is 0 Å². The van der Waals surface area contributed by atoms with Gasteiger partial charge >= 0.3 is 0 Å². The van der Waals surface area contributed by atoms with Crippen molar-refractivity contribution in [2.75, 3.05) is 31.1 Å². The van der Waals surface area contributed by atoms with Gasteiger partial charge in [-0.3, -0.25) is 9.88 Å². The number of rotatable bonds is 5. The lowest BCUT2D eigenvalue weighted by atomic mass is 9.94. The quantitative estimate of drug-likeness (QED) is 0.388. The van der Waals surface area contributed by atoms with Crippen molar-refractivity contribution < 1.29 is 0 Å². The van der Waals surface area contributed by atoms with Crippen LogP contribution in [0.15, 0.2) is 54.7 Å². The molecule has 1 aliphatic carbocycles. The molecule has 2 fully saturated rings. The predicted octanol–water partition coefficient (Wildman–Crippen LogP) is 5.25. The van der Waals surface area contributed by atoms with Crippen LogP contribution in [0.25, 0.3) is 10.9 Å². The highest BCUT2D eigenvalue weighted by Crippen LogP contribution is 2.35. The average Bonchev–Trinajstić information content (AvgIpc) is 3.40. The van der Waals surface area contributed by atoms with Gasteiger partial charge in [-0.1, -0.05) is 43.5 Å². The number of fused-ring (bicyclic) bond motifs is 1. The minimum Gasteiger partial charge on any atom is -0.369 e. The fourth-order valence-electron chi connectivity index (χ4n) is 6.03. The zero-order chi connectivity index (χ0) is 24.5. The van der Waals surface area contributed by atoms with Crippen molar-refractivity contribution in [3.63, 3.8) is 0 Å². The number of benzene rings is 2. The Bertz CT molecular complexity index is 1330. The number of hydrogen-bond donors (Lipinski definition) is 0. The summed E-state index contributed by atoms with van der Waals surface area (Å²) in [5.74, 6) is 0.977. The summed E-state index contributed by atoms with van der Waals surface area (Å²) in [5, 5.41) is 14.5. The Labute approximate surface area is 213 Å². The number of nitrogens with zero attached hydrogens (tertiary/aromatic N) is 7. The SMILES string of the molecule is Cc1ccc(C)c(N2CCN(C(c3ccc4ncccc4c3)c3nnnn3C3CCCCC3)CC2)c1. The molecule has 6 rings (SSSR count). The second-order valence-electron chi connectivity index (χ2n) is 10.4. The van der Waals surface area contributed by atoms with E-state index in [0.29, 0.717) is 6.04 Å². The van der Waals surface area contributed by atoms with Gasteiger partial charge in [-0.05, 0) is 78.1 Å². The average molecular weight is 482 g/mol. The molecule has 1 saturated heterocycles. The van der Waals surface area contributed by atoms with Crippen LogP contribution in [0.2, 0.25) is 0 Å². The molecular weight excluding hydrogens is 446 g/mol. The molecule has 186 valence electrons. The Morgan fingerprint density at radius 2 is 1.72 bits per heavy atom. The first-order chi connectivity index (χ1) is 17.7. The van der Waals surface area contributed by atoms with Crippen LogP contribution >= 0.6 is 0 Å². The summed E-state index contributed by atoms with van der Waals surface area (Å²) in [6.45, 7) is 8.28. The first kappa shape index (κ1) is 23.1. The van der Waals surface area contributed by atoms with Gasteiger partial charge in [-0.2, -0.15) is 0 Å². The summed E-state index contributed by atoms with van der Waals surface area (Å²) in [6, 6.07) is 18.0. The third-order valence-electron chi connectivity index (χ3n) is 8.01. The summed E-state index contributed by atoms with van der Waals surface area (Å²) >= 11 is 0. The molecule has 2 aliphatic rings. The first-order valence-electron chi connectivity index (χ1n) is 13.4. The van der Waals surface area contributed by atoms with Crippen LogP contribution < -0.4 is 4.90 Å². The van der Waals surface area contributed by atoms with Crippen molar-refractivity contribution in [2.45, 2.75) is 58.0 Å². The maximum Gasteiger partial charge on any atom is 0.173 e. The fraction of sp³-hybridized carbons (Fsp3) is 0.448. The lowest BCUT2D eigenvalue weighted by Gasteiger charge is -2.40. The fourth-order valence-corrected chi connectivity index (χ4v) is 6.03. The number of tetrazole rings is 1. The number of hydrogen-bond acceptors (Lipinski definition) is 6. The second-order valence-corrected chi connectivity index (χ2v) is 10.4. The van der Waals surface area contributed by atoms with Crippen molar-refractivity contribution >= 4 is 16.6 Å². The zero-order valence-corrected chi connectivity index (χ0v) is 21.3. The number of anilines is 1. The third kappa shape index (κ3) is 4.48. The van der Waals surface area contributed by atoms with E-state index >= 15 is 0 Å². The van der Waals surface area contributed by atoms with Gasteiger partial charge in [0.05, 0.1) is 17.6 Å². The van der Waals surface area contributed by atoms with Gasteiger partial charge in [-0.25, -0.2) is 4.68 Å². The summed E-state index contributed by atoms with van der Waals surface area (Å²) in [7, 11) is 0. The molecule has 0 spiro atoms. The molecule has 0 N–H and O–H groups in total. The van der Waals surface area contributed by atoms with Gasteiger partial charge in [-0.15, -0.1) is 5.10 Å². The molecule has 2 aromatic heterocycles. The van der Waals surface area contributed by atoms with E-state index in [-0.39, 0.29) is 6.04 Å². The molecule has 7 nitrogen and oxygen atoms in total. The smallest absolute Gasteiger partial charge is 0.173 e. The number of aromatic nitrogens is 5. The van der Waals surface area contributed by atoms with Crippen molar-refractivity contribution in [3.05, 3.63) is 77.2 Å². The normalized spacial score (nSPS) is 18.6. The Morgan fingerprint density at radius 3 is 2.56 bits per heavy atom. The maximum atomic E-state index is 4.66. The third-order valence-corrected chi connectivity index (χ3v) is 8.01. The summed E-state index contributed by atoms with van der Waals surface area (Å²) in [4.78, 5) is 9.65. The molecule has 1 unspecified atom stereocenters. The van der Waals surface area contributed by atoms with Gasteiger partial charge in [0.15, 0.2) is 5.82 Å². The van der Waals surface area contributed by atoms with Gasteiger partial charge in [0.25, 0.3) is 0 Å². The zero-order valence-electron chi connectivity index (χ0n) is 21.3. The molecule has 2 aromatic carbocycles. The van der Waals surface area contributed by atoms with Gasteiger partial charge in [0.2, 0.25) is 0 Å². The molecule has 0 amide bonds. The molecule has 3 heterocycles. The van der Waals surface area contributed by atoms with Crippen molar-refractivity contribution in [3.8, 4) is 0 Å². The Morgan fingerprint density at radius 1 is 0.889 bits per heavy atom. The van der Waals surface area contributed by atoms with Crippen LogP contribution in [-0.4, -0.2) is 56.3 Å². The molecule has 0 bridgehead atoms. The molecular formula is C29H35N7. The minimum absolute atomic E-state index is 0.0206. The van der Waals surface area contributed by atoms with Crippen LogP contribution in [-0.2, 0) is 0 Å². The van der Waals surface area contributed by atoms with Gasteiger partial charge < -0.3 is 4.90 Å². The van der Waals surface area contributed by atoms with Crippen molar-refractivity contribution in [2.24, 2.45) is 0 Å². The number of pyridine rings is 1. The number of piperazine rings is 1. The Balaban J connectivity index is 1.34. The second kappa shape index (κ2) is 9.97. The van der Waals surface area contributed by atoms with E-state index < -0.39 is 0 Å². The van der Waals surface area contributed by atoms with E-state index in [1.165, 1.54) is 41.6 Å². The maximum absolute atomic E-state index is 4.66. The van der Waals surface area contributed by atoms with E-state index in [2.05, 4.69) is 91.3 Å². The van der Waals surface area contributed by atoms with Crippen molar-refractivity contribution in [1.82, 2.24) is 30.1 Å². The van der Waals surface area contributed by atoms with Gasteiger partial charge in [0, 0.05) is 43.4 Å². The summed E-state index contributed by atoms with van der Waals surface area (Å²) in [5.41, 5.74) is 6.27.